The van der Waals surface area contributed by atoms with Crippen molar-refractivity contribution in [3.63, 3.8) is 0 Å². The summed E-state index contributed by atoms with van der Waals surface area (Å²) in [4.78, 5) is 0. The van der Waals surface area contributed by atoms with Crippen LogP contribution in [0.3, 0.4) is 0 Å². The molecule has 4 unspecified atom stereocenters. The Morgan fingerprint density at radius 1 is 0.875 bits per heavy atom. The summed E-state index contributed by atoms with van der Waals surface area (Å²) in [6.45, 7) is 2.34. The highest BCUT2D eigenvalue weighted by Crippen LogP contribution is 2.48. The van der Waals surface area contributed by atoms with Gasteiger partial charge in [-0.05, 0) is 84.2 Å². The normalized spacial score (nSPS) is 30.2. The quantitative estimate of drug-likeness (QED) is 0.671. The van der Waals surface area contributed by atoms with E-state index in [1.807, 2.05) is 6.07 Å². The number of benzene rings is 2. The minimum Gasteiger partial charge on any atom is -0.508 e. The standard InChI is InChI=1S/C23H30O/c1-2-3-16-4-5-18-13-19(7-6-17(18)12-16)20-8-9-22-15-23(24)11-10-21(22)14-20/h8-11,14-19,24H,2-7,12-13H2,1H3. The maximum atomic E-state index is 9.64. The molecule has 2 aliphatic rings. The second-order valence-corrected chi connectivity index (χ2v) is 8.29. The highest BCUT2D eigenvalue weighted by Gasteiger charge is 2.35. The van der Waals surface area contributed by atoms with Gasteiger partial charge >= 0.3 is 0 Å². The molecule has 1 nitrogen and oxygen atoms in total. The van der Waals surface area contributed by atoms with Gasteiger partial charge in [0.15, 0.2) is 0 Å². The Morgan fingerprint density at radius 2 is 1.62 bits per heavy atom. The Kier molecular flexibility index (Phi) is 4.52. The molecule has 2 aromatic carbocycles. The van der Waals surface area contributed by atoms with E-state index in [1.54, 1.807) is 6.07 Å². The largest absolute Gasteiger partial charge is 0.508 e. The predicted molar refractivity (Wildman–Crippen MR) is 101 cm³/mol. The van der Waals surface area contributed by atoms with Crippen molar-refractivity contribution in [2.75, 3.05) is 0 Å². The van der Waals surface area contributed by atoms with Gasteiger partial charge < -0.3 is 5.11 Å². The van der Waals surface area contributed by atoms with Crippen molar-refractivity contribution in [1.29, 1.82) is 0 Å². The van der Waals surface area contributed by atoms with Gasteiger partial charge in [0.1, 0.15) is 5.75 Å². The molecule has 0 heterocycles. The van der Waals surface area contributed by atoms with Crippen molar-refractivity contribution in [1.82, 2.24) is 0 Å². The zero-order chi connectivity index (χ0) is 16.5. The van der Waals surface area contributed by atoms with Crippen LogP contribution in [0.2, 0.25) is 0 Å². The third kappa shape index (κ3) is 3.18. The molecule has 0 saturated heterocycles. The van der Waals surface area contributed by atoms with Crippen molar-refractivity contribution in [3.05, 3.63) is 42.0 Å². The van der Waals surface area contributed by atoms with Crippen LogP contribution < -0.4 is 0 Å². The molecule has 24 heavy (non-hydrogen) atoms. The summed E-state index contributed by atoms with van der Waals surface area (Å²) in [5.74, 6) is 4.09. The first-order chi connectivity index (χ1) is 11.7. The molecule has 0 bridgehead atoms. The summed E-state index contributed by atoms with van der Waals surface area (Å²) >= 11 is 0. The van der Waals surface area contributed by atoms with E-state index in [9.17, 15) is 5.11 Å². The van der Waals surface area contributed by atoms with Gasteiger partial charge in [-0.1, -0.05) is 50.5 Å². The molecule has 4 atom stereocenters. The second kappa shape index (κ2) is 6.78. The number of aromatic hydroxyl groups is 1. The van der Waals surface area contributed by atoms with Crippen LogP contribution in [0.25, 0.3) is 10.8 Å². The van der Waals surface area contributed by atoms with Crippen molar-refractivity contribution >= 4 is 10.8 Å². The molecular formula is C23H30O. The van der Waals surface area contributed by atoms with Crippen molar-refractivity contribution in [2.45, 2.75) is 64.2 Å². The second-order valence-electron chi connectivity index (χ2n) is 8.29. The van der Waals surface area contributed by atoms with Crippen molar-refractivity contribution < 1.29 is 5.11 Å². The number of hydrogen-bond donors (Lipinski definition) is 1. The molecule has 0 amide bonds. The third-order valence-corrected chi connectivity index (χ3v) is 6.74. The van der Waals surface area contributed by atoms with E-state index in [-0.39, 0.29) is 0 Å². The lowest BCUT2D eigenvalue weighted by Crippen LogP contribution is -2.30. The molecule has 4 rings (SSSR count). The van der Waals surface area contributed by atoms with Gasteiger partial charge in [-0.15, -0.1) is 0 Å². The molecule has 0 radical (unpaired) electrons. The van der Waals surface area contributed by atoms with Gasteiger partial charge in [0.2, 0.25) is 0 Å². The van der Waals surface area contributed by atoms with Crippen LogP contribution in [0.15, 0.2) is 36.4 Å². The van der Waals surface area contributed by atoms with Crippen LogP contribution in [0.5, 0.6) is 5.75 Å². The predicted octanol–water partition coefficient (Wildman–Crippen LogP) is 6.65. The number of rotatable bonds is 3. The van der Waals surface area contributed by atoms with E-state index in [4.69, 9.17) is 0 Å². The summed E-state index contributed by atoms with van der Waals surface area (Å²) in [5.41, 5.74) is 1.52. The molecule has 0 spiro atoms. The summed E-state index contributed by atoms with van der Waals surface area (Å²) in [6.07, 6.45) is 11.4. The van der Waals surface area contributed by atoms with Gasteiger partial charge in [0.05, 0.1) is 0 Å². The van der Waals surface area contributed by atoms with Gasteiger partial charge in [-0.3, -0.25) is 0 Å². The number of hydrogen-bond acceptors (Lipinski definition) is 1. The van der Waals surface area contributed by atoms with E-state index in [2.05, 4.69) is 31.2 Å². The average Bonchev–Trinajstić information content (AvgIpc) is 2.61. The van der Waals surface area contributed by atoms with E-state index >= 15 is 0 Å². The smallest absolute Gasteiger partial charge is 0.116 e. The number of phenolic OH excluding ortho intramolecular Hbond substituents is 1. The first-order valence-corrected chi connectivity index (χ1v) is 9.95. The third-order valence-electron chi connectivity index (χ3n) is 6.74. The minimum atomic E-state index is 0.361. The minimum absolute atomic E-state index is 0.361. The fraction of sp³-hybridized carbons (Fsp3) is 0.565. The molecule has 0 aliphatic heterocycles. The van der Waals surface area contributed by atoms with Gasteiger partial charge in [-0.2, -0.15) is 0 Å². The Morgan fingerprint density at radius 3 is 2.50 bits per heavy atom. The first-order valence-electron chi connectivity index (χ1n) is 9.95. The maximum Gasteiger partial charge on any atom is 0.116 e. The van der Waals surface area contributed by atoms with Crippen LogP contribution in [-0.4, -0.2) is 5.11 Å². The first kappa shape index (κ1) is 16.0. The van der Waals surface area contributed by atoms with E-state index in [0.717, 1.165) is 29.1 Å². The van der Waals surface area contributed by atoms with Crippen LogP contribution in [0.1, 0.15) is 69.8 Å². The molecule has 2 fully saturated rings. The molecule has 2 saturated carbocycles. The Labute approximate surface area is 146 Å². The monoisotopic (exact) mass is 322 g/mol. The van der Waals surface area contributed by atoms with Crippen LogP contribution >= 0.6 is 0 Å². The highest BCUT2D eigenvalue weighted by molar-refractivity contribution is 5.84. The fourth-order valence-electron chi connectivity index (χ4n) is 5.47. The molecule has 2 aromatic rings. The number of fused-ring (bicyclic) bond motifs is 2. The average molecular weight is 322 g/mol. The molecule has 0 aromatic heterocycles. The summed E-state index contributed by atoms with van der Waals surface area (Å²) < 4.78 is 0. The molecule has 1 N–H and O–H groups in total. The van der Waals surface area contributed by atoms with Gasteiger partial charge in [-0.25, -0.2) is 0 Å². The fourth-order valence-corrected chi connectivity index (χ4v) is 5.47. The van der Waals surface area contributed by atoms with Gasteiger partial charge in [0.25, 0.3) is 0 Å². The van der Waals surface area contributed by atoms with E-state index in [1.165, 1.54) is 62.3 Å². The zero-order valence-electron chi connectivity index (χ0n) is 14.9. The molecule has 2 aliphatic carbocycles. The number of phenols is 1. The Balaban J connectivity index is 1.48. The lowest BCUT2D eigenvalue weighted by Gasteiger charge is -2.42. The maximum absolute atomic E-state index is 9.64. The summed E-state index contributed by atoms with van der Waals surface area (Å²) in [6, 6.07) is 12.6. The zero-order valence-corrected chi connectivity index (χ0v) is 14.9. The highest BCUT2D eigenvalue weighted by atomic mass is 16.3. The molecule has 1 heteroatoms. The van der Waals surface area contributed by atoms with E-state index < -0.39 is 0 Å². The SMILES string of the molecule is CCCC1CCC2CC(c3ccc4cc(O)ccc4c3)CCC2C1. The Hall–Kier alpha value is -1.50. The van der Waals surface area contributed by atoms with Crippen molar-refractivity contribution in [2.24, 2.45) is 17.8 Å². The topological polar surface area (TPSA) is 20.2 Å². The molecular weight excluding hydrogens is 292 g/mol. The van der Waals surface area contributed by atoms with Gasteiger partial charge in [0, 0.05) is 0 Å². The summed E-state index contributed by atoms with van der Waals surface area (Å²) in [7, 11) is 0. The van der Waals surface area contributed by atoms with E-state index in [0.29, 0.717) is 5.75 Å². The van der Waals surface area contributed by atoms with Crippen LogP contribution in [-0.2, 0) is 0 Å². The lowest BCUT2D eigenvalue weighted by atomic mass is 9.63. The van der Waals surface area contributed by atoms with Crippen LogP contribution in [0.4, 0.5) is 0 Å². The lowest BCUT2D eigenvalue weighted by molar-refractivity contribution is 0.114. The summed E-state index contributed by atoms with van der Waals surface area (Å²) in [5, 5.41) is 12.0. The molecule has 128 valence electrons. The van der Waals surface area contributed by atoms with Crippen molar-refractivity contribution in [3.8, 4) is 5.75 Å². The van der Waals surface area contributed by atoms with Crippen LogP contribution in [0, 0.1) is 17.8 Å². The Bertz CT molecular complexity index is 704.